The molecule has 1 amide bonds. The lowest BCUT2D eigenvalue weighted by Crippen LogP contribution is -2.13. The first kappa shape index (κ1) is 20.5. The second-order valence-electron chi connectivity index (χ2n) is 7.35. The molecule has 0 fully saturated rings. The van der Waals surface area contributed by atoms with Gasteiger partial charge in [0.1, 0.15) is 0 Å². The molecule has 0 bridgehead atoms. The van der Waals surface area contributed by atoms with E-state index in [0.717, 1.165) is 18.4 Å². The van der Waals surface area contributed by atoms with Crippen molar-refractivity contribution >= 4 is 23.2 Å². The third kappa shape index (κ3) is 3.94. The molecule has 1 aliphatic carbocycles. The molecule has 0 unspecified atom stereocenters. The summed E-state index contributed by atoms with van der Waals surface area (Å²) in [5.41, 5.74) is 2.45. The molecule has 4 nitrogen and oxygen atoms in total. The molecular weight excluding hydrogens is 415 g/mol. The zero-order chi connectivity index (χ0) is 21.5. The Kier molecular flexibility index (Phi) is 5.32. The fraction of sp³-hybridized carbons (Fsp3) is 0.273. The van der Waals surface area contributed by atoms with Crippen LogP contribution < -0.4 is 5.32 Å². The van der Waals surface area contributed by atoms with E-state index in [4.69, 9.17) is 11.6 Å². The summed E-state index contributed by atoms with van der Waals surface area (Å²) in [6.07, 6.45) is -1.99. The van der Waals surface area contributed by atoms with Gasteiger partial charge in [-0.2, -0.15) is 18.3 Å². The van der Waals surface area contributed by atoms with Gasteiger partial charge in [0, 0.05) is 27.5 Å². The van der Waals surface area contributed by atoms with Crippen molar-refractivity contribution in [3.05, 3.63) is 75.6 Å². The molecule has 156 valence electrons. The van der Waals surface area contributed by atoms with Crippen molar-refractivity contribution in [1.29, 1.82) is 0 Å². The van der Waals surface area contributed by atoms with Crippen LogP contribution >= 0.6 is 11.6 Å². The number of carbonyl (C=O) groups excluding carboxylic acids is 1. The summed E-state index contributed by atoms with van der Waals surface area (Å²) in [4.78, 5) is 12.6. The van der Waals surface area contributed by atoms with E-state index in [2.05, 4.69) is 10.4 Å². The number of amides is 1. The largest absolute Gasteiger partial charge is 0.435 e. The van der Waals surface area contributed by atoms with Gasteiger partial charge in [0.05, 0.1) is 5.69 Å². The molecule has 1 aliphatic rings. The zero-order valence-corrected chi connectivity index (χ0v) is 16.9. The summed E-state index contributed by atoms with van der Waals surface area (Å²) in [6, 6.07) is 11.6. The molecule has 0 aliphatic heterocycles. The minimum atomic E-state index is -4.48. The smallest absolute Gasteiger partial charge is 0.322 e. The summed E-state index contributed by atoms with van der Waals surface area (Å²) in [7, 11) is 0. The maximum absolute atomic E-state index is 13.4. The third-order valence-corrected chi connectivity index (χ3v) is 5.49. The van der Waals surface area contributed by atoms with E-state index in [-0.39, 0.29) is 11.5 Å². The summed E-state index contributed by atoms with van der Waals surface area (Å²) >= 11 is 5.94. The molecule has 0 saturated carbocycles. The number of aryl methyl sites for hydroxylation is 1. The lowest BCUT2D eigenvalue weighted by Gasteiger charge is -2.15. The Morgan fingerprint density at radius 3 is 2.47 bits per heavy atom. The van der Waals surface area contributed by atoms with Crippen LogP contribution in [-0.2, 0) is 19.0 Å². The SMILES string of the molecule is Cc1cc(Cl)ccc1NC(=O)c1ccc(-n2nc(C(F)(F)F)c3c2CCCC3)cc1. The number of carbonyl (C=O) groups is 1. The van der Waals surface area contributed by atoms with Crippen LogP contribution in [0.2, 0.25) is 5.02 Å². The van der Waals surface area contributed by atoms with E-state index in [1.54, 1.807) is 42.5 Å². The standard InChI is InChI=1S/C22H19ClF3N3O/c1-13-12-15(23)8-11-18(13)27-21(30)14-6-9-16(10-7-14)29-19-5-3-2-4-17(19)20(28-29)22(24,25)26/h6-12H,2-5H2,1H3,(H,27,30). The van der Waals surface area contributed by atoms with Crippen LogP contribution in [0.15, 0.2) is 42.5 Å². The molecule has 1 N–H and O–H groups in total. The van der Waals surface area contributed by atoms with Gasteiger partial charge in [-0.1, -0.05) is 11.6 Å². The van der Waals surface area contributed by atoms with Crippen LogP contribution in [-0.4, -0.2) is 15.7 Å². The van der Waals surface area contributed by atoms with E-state index < -0.39 is 11.9 Å². The molecule has 1 heterocycles. The molecule has 1 aromatic heterocycles. The minimum absolute atomic E-state index is 0.286. The molecule has 30 heavy (non-hydrogen) atoms. The highest BCUT2D eigenvalue weighted by molar-refractivity contribution is 6.30. The van der Waals surface area contributed by atoms with Crippen LogP contribution in [0, 0.1) is 6.92 Å². The number of anilines is 1. The van der Waals surface area contributed by atoms with Gasteiger partial charge in [-0.25, -0.2) is 4.68 Å². The molecule has 0 spiro atoms. The fourth-order valence-corrected chi connectivity index (χ4v) is 3.98. The number of rotatable bonds is 3. The predicted molar refractivity (Wildman–Crippen MR) is 109 cm³/mol. The Labute approximate surface area is 176 Å². The molecule has 0 radical (unpaired) electrons. The normalized spacial score (nSPS) is 13.8. The highest BCUT2D eigenvalue weighted by atomic mass is 35.5. The first-order chi connectivity index (χ1) is 14.2. The molecule has 4 rings (SSSR count). The number of nitrogens with zero attached hydrogens (tertiary/aromatic N) is 2. The molecule has 0 saturated heterocycles. The van der Waals surface area contributed by atoms with Crippen LogP contribution in [0.4, 0.5) is 18.9 Å². The second-order valence-corrected chi connectivity index (χ2v) is 7.79. The summed E-state index contributed by atoms with van der Waals surface area (Å²) in [5.74, 6) is -0.314. The lowest BCUT2D eigenvalue weighted by molar-refractivity contribution is -0.142. The first-order valence-corrected chi connectivity index (χ1v) is 9.98. The van der Waals surface area contributed by atoms with Gasteiger partial charge < -0.3 is 5.32 Å². The maximum atomic E-state index is 13.4. The number of halogens is 4. The Morgan fingerprint density at radius 2 is 1.80 bits per heavy atom. The van der Waals surface area contributed by atoms with Crippen LogP contribution in [0.25, 0.3) is 5.69 Å². The quantitative estimate of drug-likeness (QED) is 0.552. The number of hydrogen-bond acceptors (Lipinski definition) is 2. The van der Waals surface area contributed by atoms with Crippen molar-refractivity contribution in [3.8, 4) is 5.69 Å². The number of nitrogens with one attached hydrogen (secondary N) is 1. The fourth-order valence-electron chi connectivity index (χ4n) is 3.76. The summed E-state index contributed by atoms with van der Waals surface area (Å²) in [6.45, 7) is 1.84. The molecule has 0 atom stereocenters. The van der Waals surface area contributed by atoms with E-state index in [0.29, 0.717) is 40.5 Å². The van der Waals surface area contributed by atoms with E-state index in [1.807, 2.05) is 6.92 Å². The van der Waals surface area contributed by atoms with Crippen molar-refractivity contribution in [2.75, 3.05) is 5.32 Å². The van der Waals surface area contributed by atoms with Gasteiger partial charge in [0.25, 0.3) is 5.91 Å². The van der Waals surface area contributed by atoms with Gasteiger partial charge in [-0.05, 0) is 80.6 Å². The number of benzene rings is 2. The maximum Gasteiger partial charge on any atom is 0.435 e. The Bertz CT molecular complexity index is 1100. The van der Waals surface area contributed by atoms with Crippen LogP contribution in [0.1, 0.15) is 45.7 Å². The molecule has 2 aromatic carbocycles. The zero-order valence-electron chi connectivity index (χ0n) is 16.2. The van der Waals surface area contributed by atoms with Crippen molar-refractivity contribution < 1.29 is 18.0 Å². The van der Waals surface area contributed by atoms with Crippen molar-refractivity contribution in [2.24, 2.45) is 0 Å². The molecule has 8 heteroatoms. The third-order valence-electron chi connectivity index (χ3n) is 5.26. The minimum Gasteiger partial charge on any atom is -0.322 e. The van der Waals surface area contributed by atoms with Crippen molar-refractivity contribution in [1.82, 2.24) is 9.78 Å². The monoisotopic (exact) mass is 433 g/mol. The van der Waals surface area contributed by atoms with E-state index in [9.17, 15) is 18.0 Å². The lowest BCUT2D eigenvalue weighted by atomic mass is 9.95. The van der Waals surface area contributed by atoms with Gasteiger partial charge in [0.15, 0.2) is 5.69 Å². The number of aromatic nitrogens is 2. The molecular formula is C22H19ClF3N3O. The molecule has 3 aromatic rings. The van der Waals surface area contributed by atoms with Gasteiger partial charge in [0.2, 0.25) is 0 Å². The van der Waals surface area contributed by atoms with Crippen molar-refractivity contribution in [3.63, 3.8) is 0 Å². The van der Waals surface area contributed by atoms with E-state index >= 15 is 0 Å². The Balaban J connectivity index is 1.61. The topological polar surface area (TPSA) is 46.9 Å². The highest BCUT2D eigenvalue weighted by Gasteiger charge is 2.39. The van der Waals surface area contributed by atoms with Gasteiger partial charge >= 0.3 is 6.18 Å². The van der Waals surface area contributed by atoms with Gasteiger partial charge in [-0.15, -0.1) is 0 Å². The van der Waals surface area contributed by atoms with Crippen molar-refractivity contribution in [2.45, 2.75) is 38.8 Å². The van der Waals surface area contributed by atoms with E-state index in [1.165, 1.54) is 4.68 Å². The average Bonchev–Trinajstić information content (AvgIpc) is 3.10. The second kappa shape index (κ2) is 7.80. The number of hydrogen-bond donors (Lipinski definition) is 1. The van der Waals surface area contributed by atoms with Gasteiger partial charge in [-0.3, -0.25) is 4.79 Å². The predicted octanol–water partition coefficient (Wildman–Crippen LogP) is 5.98. The number of fused-ring (bicyclic) bond motifs is 1. The van der Waals surface area contributed by atoms with Crippen LogP contribution in [0.5, 0.6) is 0 Å². The first-order valence-electron chi connectivity index (χ1n) is 9.60. The Morgan fingerprint density at radius 1 is 1.10 bits per heavy atom. The summed E-state index contributed by atoms with van der Waals surface area (Å²) in [5, 5.41) is 7.27. The number of alkyl halides is 3. The van der Waals surface area contributed by atoms with Crippen LogP contribution in [0.3, 0.4) is 0 Å². The average molecular weight is 434 g/mol. The summed E-state index contributed by atoms with van der Waals surface area (Å²) < 4.78 is 41.6. The highest BCUT2D eigenvalue weighted by Crippen LogP contribution is 2.36. The Hall–Kier alpha value is -2.80.